The molecule has 0 saturated carbocycles. The maximum absolute atomic E-state index is 14.2. The van der Waals surface area contributed by atoms with Crippen LogP contribution in [0.3, 0.4) is 0 Å². The Labute approximate surface area is 176 Å². The molecule has 0 saturated heterocycles. The highest BCUT2D eigenvalue weighted by Gasteiger charge is 2.30. The zero-order valence-corrected chi connectivity index (χ0v) is 18.2. The Morgan fingerprint density at radius 1 is 1.10 bits per heavy atom. The summed E-state index contributed by atoms with van der Waals surface area (Å²) in [5, 5.41) is 2.46. The molecule has 0 bridgehead atoms. The molecular formula is C21H26FN3O4S. The van der Waals surface area contributed by atoms with Crippen LogP contribution >= 0.6 is 0 Å². The van der Waals surface area contributed by atoms with Crippen LogP contribution in [0.4, 0.5) is 10.1 Å². The maximum atomic E-state index is 14.2. The smallest absolute Gasteiger partial charge is 0.244 e. The number of hydrogen-bond acceptors (Lipinski definition) is 4. The normalized spacial score (nSPS) is 12.2. The number of carbonyl (C=O) groups is 2. The third-order valence-electron chi connectivity index (χ3n) is 4.71. The zero-order valence-electron chi connectivity index (χ0n) is 17.4. The van der Waals surface area contributed by atoms with Gasteiger partial charge >= 0.3 is 0 Å². The van der Waals surface area contributed by atoms with Gasteiger partial charge in [-0.05, 0) is 32.0 Å². The molecule has 30 heavy (non-hydrogen) atoms. The highest BCUT2D eigenvalue weighted by molar-refractivity contribution is 7.92. The maximum Gasteiger partial charge on any atom is 0.244 e. The first-order chi connectivity index (χ1) is 14.0. The van der Waals surface area contributed by atoms with Crippen LogP contribution in [-0.4, -0.2) is 51.0 Å². The highest BCUT2D eigenvalue weighted by atomic mass is 32.2. The predicted molar refractivity (Wildman–Crippen MR) is 114 cm³/mol. The van der Waals surface area contributed by atoms with Gasteiger partial charge in [0.05, 0.1) is 11.9 Å². The van der Waals surface area contributed by atoms with Gasteiger partial charge in [0.1, 0.15) is 18.4 Å². The van der Waals surface area contributed by atoms with Gasteiger partial charge < -0.3 is 10.2 Å². The third kappa shape index (κ3) is 5.79. The Morgan fingerprint density at radius 2 is 1.70 bits per heavy atom. The predicted octanol–water partition coefficient (Wildman–Crippen LogP) is 2.06. The van der Waals surface area contributed by atoms with Gasteiger partial charge in [0.2, 0.25) is 21.8 Å². The van der Waals surface area contributed by atoms with E-state index in [1.165, 1.54) is 37.1 Å². The SMILES string of the molecule is CNC(=O)[C@H](C)N(Cc1ccccc1F)C(=O)CN(c1ccc(C)cc1)S(C)(=O)=O. The van der Waals surface area contributed by atoms with Crippen LogP contribution in [0.25, 0.3) is 0 Å². The molecule has 0 aromatic heterocycles. The summed E-state index contributed by atoms with van der Waals surface area (Å²) in [4.78, 5) is 26.5. The zero-order chi connectivity index (χ0) is 22.5. The standard InChI is InChI=1S/C21H26FN3O4S/c1-15-9-11-18(12-10-15)25(30(4,28)29)14-20(26)24(16(2)21(27)23-3)13-17-7-5-6-8-19(17)22/h5-12,16H,13-14H2,1-4H3,(H,23,27)/t16-/m0/s1. The molecule has 2 amide bonds. The first kappa shape index (κ1) is 23.3. The van der Waals surface area contributed by atoms with E-state index in [0.29, 0.717) is 5.69 Å². The van der Waals surface area contributed by atoms with E-state index in [1.54, 1.807) is 30.3 Å². The number of rotatable bonds is 8. The fourth-order valence-corrected chi connectivity index (χ4v) is 3.78. The molecule has 0 aliphatic carbocycles. The molecule has 2 aromatic rings. The number of halogens is 1. The van der Waals surface area contributed by atoms with Crippen molar-refractivity contribution in [1.82, 2.24) is 10.2 Å². The summed E-state index contributed by atoms with van der Waals surface area (Å²) in [7, 11) is -2.35. The second kappa shape index (κ2) is 9.71. The Kier molecular flexibility index (Phi) is 7.55. The molecule has 0 aliphatic rings. The lowest BCUT2D eigenvalue weighted by molar-refractivity contribution is -0.139. The summed E-state index contributed by atoms with van der Waals surface area (Å²) in [6.45, 7) is 2.68. The minimum absolute atomic E-state index is 0.175. The molecule has 2 aromatic carbocycles. The molecule has 1 N–H and O–H groups in total. The van der Waals surface area contributed by atoms with E-state index in [-0.39, 0.29) is 12.1 Å². The van der Waals surface area contributed by atoms with Crippen LogP contribution in [0, 0.1) is 12.7 Å². The average molecular weight is 436 g/mol. The number of sulfonamides is 1. The minimum Gasteiger partial charge on any atom is -0.357 e. The molecular weight excluding hydrogens is 409 g/mol. The van der Waals surface area contributed by atoms with Crippen LogP contribution in [0.5, 0.6) is 0 Å². The van der Waals surface area contributed by atoms with Crippen molar-refractivity contribution in [2.45, 2.75) is 26.4 Å². The van der Waals surface area contributed by atoms with Gasteiger partial charge in [-0.1, -0.05) is 35.9 Å². The number of nitrogens with zero attached hydrogens (tertiary/aromatic N) is 2. The largest absolute Gasteiger partial charge is 0.357 e. The van der Waals surface area contributed by atoms with E-state index in [4.69, 9.17) is 0 Å². The summed E-state index contributed by atoms with van der Waals surface area (Å²) in [6, 6.07) is 11.7. The molecule has 7 nitrogen and oxygen atoms in total. The Morgan fingerprint density at radius 3 is 2.23 bits per heavy atom. The second-order valence-corrected chi connectivity index (χ2v) is 8.92. The molecule has 1 atom stereocenters. The first-order valence-electron chi connectivity index (χ1n) is 9.33. The number of amides is 2. The molecule has 162 valence electrons. The van der Waals surface area contributed by atoms with E-state index in [9.17, 15) is 22.4 Å². The molecule has 9 heteroatoms. The van der Waals surface area contributed by atoms with Gasteiger partial charge in [-0.3, -0.25) is 13.9 Å². The van der Waals surface area contributed by atoms with Crippen molar-refractivity contribution in [3.8, 4) is 0 Å². The van der Waals surface area contributed by atoms with E-state index in [2.05, 4.69) is 5.32 Å². The van der Waals surface area contributed by atoms with Gasteiger partial charge in [-0.25, -0.2) is 12.8 Å². The molecule has 0 spiro atoms. The highest BCUT2D eigenvalue weighted by Crippen LogP contribution is 2.20. The lowest BCUT2D eigenvalue weighted by Crippen LogP contribution is -2.50. The Bertz CT molecular complexity index is 1010. The fourth-order valence-electron chi connectivity index (χ4n) is 2.93. The summed E-state index contributed by atoms with van der Waals surface area (Å²) >= 11 is 0. The Balaban J connectivity index is 2.38. The van der Waals surface area contributed by atoms with Gasteiger partial charge in [0, 0.05) is 19.2 Å². The Hall–Kier alpha value is -2.94. The van der Waals surface area contributed by atoms with Gasteiger partial charge in [0.15, 0.2) is 0 Å². The van der Waals surface area contributed by atoms with Crippen molar-refractivity contribution >= 4 is 27.5 Å². The summed E-state index contributed by atoms with van der Waals surface area (Å²) in [6.07, 6.45) is 1.00. The third-order valence-corrected chi connectivity index (χ3v) is 5.85. The van der Waals surface area contributed by atoms with Crippen molar-refractivity contribution in [3.63, 3.8) is 0 Å². The minimum atomic E-state index is -3.78. The van der Waals surface area contributed by atoms with Gasteiger partial charge in [-0.2, -0.15) is 0 Å². The van der Waals surface area contributed by atoms with E-state index in [1.807, 2.05) is 6.92 Å². The van der Waals surface area contributed by atoms with E-state index in [0.717, 1.165) is 16.1 Å². The number of carbonyl (C=O) groups excluding carboxylic acids is 2. The molecule has 0 radical (unpaired) electrons. The van der Waals surface area contributed by atoms with Gasteiger partial charge in [0.25, 0.3) is 0 Å². The molecule has 0 fully saturated rings. The van der Waals surface area contributed by atoms with Crippen LogP contribution in [0.1, 0.15) is 18.1 Å². The number of likely N-dealkylation sites (N-methyl/N-ethyl adjacent to an activating group) is 1. The molecule has 0 unspecified atom stereocenters. The van der Waals surface area contributed by atoms with Crippen LogP contribution in [0.15, 0.2) is 48.5 Å². The lowest BCUT2D eigenvalue weighted by atomic mass is 10.1. The summed E-state index contributed by atoms with van der Waals surface area (Å²) in [5.41, 5.74) is 1.49. The van der Waals surface area contributed by atoms with Crippen LogP contribution in [0.2, 0.25) is 0 Å². The van der Waals surface area contributed by atoms with Crippen LogP contribution < -0.4 is 9.62 Å². The number of aryl methyl sites for hydroxylation is 1. The number of hydrogen-bond donors (Lipinski definition) is 1. The van der Waals surface area contributed by atoms with Gasteiger partial charge in [-0.15, -0.1) is 0 Å². The second-order valence-electron chi connectivity index (χ2n) is 7.01. The fraction of sp³-hybridized carbons (Fsp3) is 0.333. The van der Waals surface area contributed by atoms with E-state index < -0.39 is 40.2 Å². The molecule has 2 rings (SSSR count). The average Bonchev–Trinajstić information content (AvgIpc) is 2.70. The van der Waals surface area contributed by atoms with Crippen molar-refractivity contribution < 1.29 is 22.4 Å². The van der Waals surface area contributed by atoms with E-state index >= 15 is 0 Å². The van der Waals surface area contributed by atoms with Crippen LogP contribution in [-0.2, 0) is 26.2 Å². The van der Waals surface area contributed by atoms with Crippen molar-refractivity contribution in [2.75, 3.05) is 24.2 Å². The number of nitrogens with one attached hydrogen (secondary N) is 1. The molecule has 0 heterocycles. The summed E-state index contributed by atoms with van der Waals surface area (Å²) < 4.78 is 39.9. The van der Waals surface area contributed by atoms with Crippen molar-refractivity contribution in [2.24, 2.45) is 0 Å². The number of anilines is 1. The lowest BCUT2D eigenvalue weighted by Gasteiger charge is -2.31. The quantitative estimate of drug-likeness (QED) is 0.688. The topological polar surface area (TPSA) is 86.8 Å². The van der Waals surface area contributed by atoms with Crippen molar-refractivity contribution in [1.29, 1.82) is 0 Å². The monoisotopic (exact) mass is 435 g/mol. The first-order valence-corrected chi connectivity index (χ1v) is 11.2. The summed E-state index contributed by atoms with van der Waals surface area (Å²) in [5.74, 6) is -1.58. The molecule has 0 aliphatic heterocycles. The van der Waals surface area contributed by atoms with Crippen molar-refractivity contribution in [3.05, 3.63) is 65.5 Å². The number of benzene rings is 2.